The van der Waals surface area contributed by atoms with E-state index in [0.717, 1.165) is 12.6 Å². The topological polar surface area (TPSA) is 3.24 Å². The molecule has 0 radical (unpaired) electrons. The summed E-state index contributed by atoms with van der Waals surface area (Å²) in [5.74, 6) is 0. The van der Waals surface area contributed by atoms with Gasteiger partial charge in [-0.15, -0.1) is 0 Å². The Hall–Kier alpha value is -0.820. The van der Waals surface area contributed by atoms with Gasteiger partial charge in [-0.2, -0.15) is 0 Å². The molecule has 0 heterocycles. The average Bonchev–Trinajstić information content (AvgIpc) is 2.28. The Bertz CT molecular complexity index is 343. The monoisotopic (exact) mass is 203 g/mol. The molecule has 0 N–H and O–H groups in total. The second-order valence-corrected chi connectivity index (χ2v) is 4.68. The van der Waals surface area contributed by atoms with Gasteiger partial charge in [0.15, 0.2) is 0 Å². The van der Waals surface area contributed by atoms with Gasteiger partial charge >= 0.3 is 0 Å². The van der Waals surface area contributed by atoms with Crippen LogP contribution in [0, 0.1) is 6.92 Å². The minimum atomic E-state index is 0.753. The first kappa shape index (κ1) is 10.7. The fraction of sp³-hybridized carbons (Fsp3) is 0.571. The summed E-state index contributed by atoms with van der Waals surface area (Å²) < 4.78 is 0. The zero-order valence-electron chi connectivity index (χ0n) is 10.1. The molecule has 0 aliphatic heterocycles. The van der Waals surface area contributed by atoms with Crippen LogP contribution in [0.5, 0.6) is 0 Å². The number of benzene rings is 1. The molecular weight excluding hydrogens is 182 g/mol. The summed E-state index contributed by atoms with van der Waals surface area (Å²) in [6, 6.07) is 7.49. The van der Waals surface area contributed by atoms with E-state index in [1.807, 2.05) is 0 Å². The second kappa shape index (κ2) is 4.36. The van der Waals surface area contributed by atoms with Crippen molar-refractivity contribution in [2.45, 2.75) is 39.2 Å². The van der Waals surface area contributed by atoms with Crippen molar-refractivity contribution < 1.29 is 0 Å². The molecule has 15 heavy (non-hydrogen) atoms. The lowest BCUT2D eigenvalue weighted by atomic mass is 9.85. The summed E-state index contributed by atoms with van der Waals surface area (Å²) in [6.45, 7) is 5.65. The van der Waals surface area contributed by atoms with Crippen LogP contribution in [0.2, 0.25) is 0 Å². The number of hydrogen-bond acceptors (Lipinski definition) is 1. The SMILES string of the molecule is CCN(C)C1CCc2cccc(C)c2C1. The van der Waals surface area contributed by atoms with Crippen LogP contribution in [0.15, 0.2) is 18.2 Å². The molecule has 0 saturated heterocycles. The van der Waals surface area contributed by atoms with Crippen molar-refractivity contribution in [2.24, 2.45) is 0 Å². The molecule has 1 nitrogen and oxygen atoms in total. The summed E-state index contributed by atoms with van der Waals surface area (Å²) in [4.78, 5) is 2.48. The van der Waals surface area contributed by atoms with Crippen LogP contribution >= 0.6 is 0 Å². The van der Waals surface area contributed by atoms with Gasteiger partial charge in [0.2, 0.25) is 0 Å². The number of nitrogens with zero attached hydrogens (tertiary/aromatic N) is 1. The maximum atomic E-state index is 2.48. The van der Waals surface area contributed by atoms with Gasteiger partial charge in [0.1, 0.15) is 0 Å². The predicted molar refractivity (Wildman–Crippen MR) is 65.3 cm³/mol. The third-order valence-corrected chi connectivity index (χ3v) is 3.82. The number of fused-ring (bicyclic) bond motifs is 1. The lowest BCUT2D eigenvalue weighted by Crippen LogP contribution is -2.36. The summed E-state index contributed by atoms with van der Waals surface area (Å²) in [5, 5.41) is 0. The molecule has 0 saturated carbocycles. The van der Waals surface area contributed by atoms with Gasteiger partial charge in [0, 0.05) is 6.04 Å². The van der Waals surface area contributed by atoms with Crippen molar-refractivity contribution in [1.82, 2.24) is 4.90 Å². The third kappa shape index (κ3) is 2.07. The van der Waals surface area contributed by atoms with Gasteiger partial charge in [-0.05, 0) is 56.5 Å². The second-order valence-electron chi connectivity index (χ2n) is 4.68. The van der Waals surface area contributed by atoms with Gasteiger partial charge in [0.25, 0.3) is 0 Å². The van der Waals surface area contributed by atoms with E-state index in [2.05, 4.69) is 44.0 Å². The smallest absolute Gasteiger partial charge is 0.0136 e. The number of aryl methyl sites for hydroxylation is 2. The molecule has 1 aliphatic rings. The van der Waals surface area contributed by atoms with E-state index in [4.69, 9.17) is 0 Å². The normalized spacial score (nSPS) is 20.4. The molecule has 82 valence electrons. The molecule has 0 spiro atoms. The first-order chi connectivity index (χ1) is 7.22. The maximum Gasteiger partial charge on any atom is 0.0136 e. The van der Waals surface area contributed by atoms with E-state index in [1.54, 1.807) is 11.1 Å². The molecule has 1 atom stereocenters. The Morgan fingerprint density at radius 3 is 2.93 bits per heavy atom. The average molecular weight is 203 g/mol. The van der Waals surface area contributed by atoms with Gasteiger partial charge < -0.3 is 4.90 Å². The molecule has 2 rings (SSSR count). The number of hydrogen-bond donors (Lipinski definition) is 0. The highest BCUT2D eigenvalue weighted by Gasteiger charge is 2.21. The van der Waals surface area contributed by atoms with Crippen LogP contribution in [-0.2, 0) is 12.8 Å². The van der Waals surface area contributed by atoms with Gasteiger partial charge in [-0.1, -0.05) is 25.1 Å². The zero-order chi connectivity index (χ0) is 10.8. The highest BCUT2D eigenvalue weighted by atomic mass is 15.1. The summed E-state index contributed by atoms with van der Waals surface area (Å²) in [7, 11) is 2.24. The lowest BCUT2D eigenvalue weighted by molar-refractivity contribution is 0.232. The predicted octanol–water partition coefficient (Wildman–Crippen LogP) is 2.80. The molecule has 0 amide bonds. The quantitative estimate of drug-likeness (QED) is 0.714. The van der Waals surface area contributed by atoms with Crippen molar-refractivity contribution in [2.75, 3.05) is 13.6 Å². The Kier molecular flexibility index (Phi) is 3.11. The number of likely N-dealkylation sites (N-methyl/N-ethyl adjacent to an activating group) is 1. The van der Waals surface area contributed by atoms with E-state index in [-0.39, 0.29) is 0 Å². The van der Waals surface area contributed by atoms with Crippen LogP contribution in [0.3, 0.4) is 0 Å². The number of rotatable bonds is 2. The standard InChI is InChI=1S/C14H21N/c1-4-15(3)13-9-8-12-7-5-6-11(2)14(12)10-13/h5-7,13H,4,8-10H2,1-3H3. The minimum Gasteiger partial charge on any atom is -0.303 e. The van der Waals surface area contributed by atoms with Crippen molar-refractivity contribution in [3.05, 3.63) is 34.9 Å². The summed E-state index contributed by atoms with van der Waals surface area (Å²) in [6.07, 6.45) is 3.82. The summed E-state index contributed by atoms with van der Waals surface area (Å²) in [5.41, 5.74) is 4.66. The Morgan fingerprint density at radius 1 is 1.40 bits per heavy atom. The van der Waals surface area contributed by atoms with Crippen molar-refractivity contribution in [3.8, 4) is 0 Å². The first-order valence-corrected chi connectivity index (χ1v) is 6.00. The highest BCUT2D eigenvalue weighted by molar-refractivity contribution is 5.37. The lowest BCUT2D eigenvalue weighted by Gasteiger charge is -2.32. The van der Waals surface area contributed by atoms with Crippen LogP contribution in [0.1, 0.15) is 30.0 Å². The zero-order valence-corrected chi connectivity index (χ0v) is 10.1. The van der Waals surface area contributed by atoms with Crippen LogP contribution in [0.4, 0.5) is 0 Å². The highest BCUT2D eigenvalue weighted by Crippen LogP contribution is 2.26. The molecular formula is C14H21N. The van der Waals surface area contributed by atoms with E-state index in [1.165, 1.54) is 24.8 Å². The van der Waals surface area contributed by atoms with Crippen molar-refractivity contribution in [1.29, 1.82) is 0 Å². The van der Waals surface area contributed by atoms with E-state index in [0.29, 0.717) is 0 Å². The molecule has 1 aliphatic carbocycles. The van der Waals surface area contributed by atoms with Gasteiger partial charge in [0.05, 0.1) is 0 Å². The Balaban J connectivity index is 2.22. The van der Waals surface area contributed by atoms with Gasteiger partial charge in [-0.3, -0.25) is 0 Å². The Morgan fingerprint density at radius 2 is 2.20 bits per heavy atom. The summed E-state index contributed by atoms with van der Waals surface area (Å²) >= 11 is 0. The van der Waals surface area contributed by atoms with Crippen molar-refractivity contribution in [3.63, 3.8) is 0 Å². The van der Waals surface area contributed by atoms with E-state index >= 15 is 0 Å². The fourth-order valence-electron chi connectivity index (χ4n) is 2.58. The third-order valence-electron chi connectivity index (χ3n) is 3.82. The molecule has 0 bridgehead atoms. The van der Waals surface area contributed by atoms with Crippen LogP contribution in [-0.4, -0.2) is 24.5 Å². The largest absolute Gasteiger partial charge is 0.303 e. The Labute approximate surface area is 93.1 Å². The molecule has 1 aromatic rings. The first-order valence-electron chi connectivity index (χ1n) is 6.00. The van der Waals surface area contributed by atoms with E-state index < -0.39 is 0 Å². The van der Waals surface area contributed by atoms with Crippen LogP contribution < -0.4 is 0 Å². The maximum absolute atomic E-state index is 2.48. The van der Waals surface area contributed by atoms with Gasteiger partial charge in [-0.25, -0.2) is 0 Å². The van der Waals surface area contributed by atoms with Crippen LogP contribution in [0.25, 0.3) is 0 Å². The van der Waals surface area contributed by atoms with E-state index in [9.17, 15) is 0 Å². The molecule has 0 aromatic heterocycles. The molecule has 1 unspecified atom stereocenters. The fourth-order valence-corrected chi connectivity index (χ4v) is 2.58. The molecule has 0 fully saturated rings. The minimum absolute atomic E-state index is 0.753. The molecule has 1 heteroatoms. The molecule has 1 aromatic carbocycles. The van der Waals surface area contributed by atoms with Crippen molar-refractivity contribution >= 4 is 0 Å².